The minimum absolute atomic E-state index is 0.0635. The maximum absolute atomic E-state index is 12.2. The molecule has 0 spiro atoms. The number of nitrogens with zero attached hydrogens (tertiary/aromatic N) is 2. The highest BCUT2D eigenvalue weighted by Gasteiger charge is 2.14. The second-order valence-corrected chi connectivity index (χ2v) is 6.02. The van der Waals surface area contributed by atoms with Crippen LogP contribution >= 0.6 is 22.7 Å². The number of thiophene rings is 1. The summed E-state index contributed by atoms with van der Waals surface area (Å²) in [5.41, 5.74) is 1.04. The summed E-state index contributed by atoms with van der Waals surface area (Å²) in [6, 6.07) is 0. The van der Waals surface area contributed by atoms with E-state index in [-0.39, 0.29) is 5.56 Å². The molecule has 18 heavy (non-hydrogen) atoms. The molecule has 0 aromatic carbocycles. The Labute approximate surface area is 111 Å². The SMILES string of the molecule is CCc1c(C)sc2nc(-c3nccs3)[nH]c(=O)c12. The van der Waals surface area contributed by atoms with Gasteiger partial charge in [0.2, 0.25) is 0 Å². The number of hydrogen-bond donors (Lipinski definition) is 1. The van der Waals surface area contributed by atoms with Gasteiger partial charge in [0.1, 0.15) is 4.83 Å². The Hall–Kier alpha value is -1.53. The van der Waals surface area contributed by atoms with Crippen LogP contribution in [0.2, 0.25) is 0 Å². The van der Waals surface area contributed by atoms with Crippen LogP contribution in [0.5, 0.6) is 0 Å². The van der Waals surface area contributed by atoms with E-state index >= 15 is 0 Å². The van der Waals surface area contributed by atoms with Crippen molar-refractivity contribution >= 4 is 32.9 Å². The Morgan fingerprint density at radius 3 is 2.94 bits per heavy atom. The van der Waals surface area contributed by atoms with Crippen LogP contribution in [0.25, 0.3) is 21.0 Å². The van der Waals surface area contributed by atoms with Crippen molar-refractivity contribution in [1.29, 1.82) is 0 Å². The lowest BCUT2D eigenvalue weighted by molar-refractivity contribution is 1.12. The molecule has 6 heteroatoms. The number of aromatic amines is 1. The first kappa shape index (κ1) is 11.6. The summed E-state index contributed by atoms with van der Waals surface area (Å²) in [5.74, 6) is 0.561. The normalized spacial score (nSPS) is 11.2. The van der Waals surface area contributed by atoms with Crippen molar-refractivity contribution in [3.63, 3.8) is 0 Å². The lowest BCUT2D eigenvalue weighted by atomic mass is 10.1. The number of nitrogens with one attached hydrogen (secondary N) is 1. The molecule has 3 aromatic heterocycles. The standard InChI is InChI=1S/C12H11N3OS2/c1-3-7-6(2)18-11-8(7)10(16)14-9(15-11)12-13-4-5-17-12/h4-5H,3H2,1-2H3,(H,14,15,16). The molecule has 0 bridgehead atoms. The molecule has 3 heterocycles. The van der Waals surface area contributed by atoms with E-state index < -0.39 is 0 Å². The molecule has 0 aliphatic rings. The van der Waals surface area contributed by atoms with E-state index in [4.69, 9.17) is 0 Å². The van der Waals surface area contributed by atoms with Gasteiger partial charge in [0.15, 0.2) is 10.8 Å². The molecule has 3 aromatic rings. The summed E-state index contributed by atoms with van der Waals surface area (Å²) in [5, 5.41) is 3.36. The summed E-state index contributed by atoms with van der Waals surface area (Å²) >= 11 is 3.05. The summed E-state index contributed by atoms with van der Waals surface area (Å²) < 4.78 is 0. The number of thiazole rings is 1. The van der Waals surface area contributed by atoms with Crippen LogP contribution in [0.4, 0.5) is 0 Å². The van der Waals surface area contributed by atoms with Crippen LogP contribution in [-0.2, 0) is 6.42 Å². The van der Waals surface area contributed by atoms with Crippen molar-refractivity contribution in [1.82, 2.24) is 15.0 Å². The average molecular weight is 277 g/mol. The molecule has 92 valence electrons. The number of aromatic nitrogens is 3. The first-order valence-electron chi connectivity index (χ1n) is 5.63. The van der Waals surface area contributed by atoms with Gasteiger partial charge in [-0.15, -0.1) is 22.7 Å². The van der Waals surface area contributed by atoms with Gasteiger partial charge in [-0.3, -0.25) is 4.79 Å². The number of aryl methyl sites for hydroxylation is 2. The third-order valence-electron chi connectivity index (χ3n) is 2.85. The Morgan fingerprint density at radius 2 is 2.28 bits per heavy atom. The minimum Gasteiger partial charge on any atom is -0.304 e. The van der Waals surface area contributed by atoms with Crippen LogP contribution in [0.1, 0.15) is 17.4 Å². The van der Waals surface area contributed by atoms with Gasteiger partial charge in [0.25, 0.3) is 5.56 Å². The molecule has 1 N–H and O–H groups in total. The third kappa shape index (κ3) is 1.69. The highest BCUT2D eigenvalue weighted by Crippen LogP contribution is 2.28. The van der Waals surface area contributed by atoms with E-state index in [0.717, 1.165) is 27.2 Å². The smallest absolute Gasteiger partial charge is 0.260 e. The Kier molecular flexibility index (Phi) is 2.76. The molecule has 0 aliphatic carbocycles. The number of H-pyrrole nitrogens is 1. The highest BCUT2D eigenvalue weighted by atomic mass is 32.1. The van der Waals surface area contributed by atoms with Crippen LogP contribution < -0.4 is 5.56 Å². The van der Waals surface area contributed by atoms with E-state index in [9.17, 15) is 4.79 Å². The minimum atomic E-state index is -0.0635. The van der Waals surface area contributed by atoms with Gasteiger partial charge in [-0.25, -0.2) is 9.97 Å². The summed E-state index contributed by atoms with van der Waals surface area (Å²) in [6.45, 7) is 4.09. The molecule has 4 nitrogen and oxygen atoms in total. The average Bonchev–Trinajstić information content (AvgIpc) is 2.95. The Morgan fingerprint density at radius 1 is 1.44 bits per heavy atom. The number of hydrogen-bond acceptors (Lipinski definition) is 5. The second kappa shape index (κ2) is 4.29. The maximum atomic E-state index is 12.2. The lowest BCUT2D eigenvalue weighted by Crippen LogP contribution is -2.09. The van der Waals surface area contributed by atoms with Crippen LogP contribution in [0.3, 0.4) is 0 Å². The fourth-order valence-corrected chi connectivity index (χ4v) is 3.74. The zero-order chi connectivity index (χ0) is 12.7. The van der Waals surface area contributed by atoms with Gasteiger partial charge in [-0.2, -0.15) is 0 Å². The third-order valence-corrected chi connectivity index (χ3v) is 4.67. The molecule has 0 amide bonds. The fraction of sp³-hybridized carbons (Fsp3) is 0.250. The topological polar surface area (TPSA) is 58.6 Å². The van der Waals surface area contributed by atoms with Crippen molar-refractivity contribution in [2.24, 2.45) is 0 Å². The van der Waals surface area contributed by atoms with Crippen molar-refractivity contribution in [2.45, 2.75) is 20.3 Å². The Bertz CT molecular complexity index is 756. The highest BCUT2D eigenvalue weighted by molar-refractivity contribution is 7.18. The summed E-state index contributed by atoms with van der Waals surface area (Å²) in [4.78, 5) is 25.7. The second-order valence-electron chi connectivity index (χ2n) is 3.92. The molecule has 0 atom stereocenters. The van der Waals surface area contributed by atoms with Crippen LogP contribution in [0.15, 0.2) is 16.4 Å². The first-order valence-corrected chi connectivity index (χ1v) is 7.32. The molecule has 0 aliphatic heterocycles. The van der Waals surface area contributed by atoms with Crippen LogP contribution in [-0.4, -0.2) is 15.0 Å². The van der Waals surface area contributed by atoms with Crippen molar-refractivity contribution in [3.05, 3.63) is 32.4 Å². The van der Waals surface area contributed by atoms with Gasteiger partial charge < -0.3 is 4.98 Å². The maximum Gasteiger partial charge on any atom is 0.260 e. The van der Waals surface area contributed by atoms with Crippen molar-refractivity contribution in [2.75, 3.05) is 0 Å². The van der Waals surface area contributed by atoms with E-state index in [0.29, 0.717) is 5.82 Å². The fourth-order valence-electron chi connectivity index (χ4n) is 2.04. The zero-order valence-electron chi connectivity index (χ0n) is 9.98. The van der Waals surface area contributed by atoms with Gasteiger partial charge >= 0.3 is 0 Å². The van der Waals surface area contributed by atoms with Gasteiger partial charge in [-0.05, 0) is 18.9 Å². The van der Waals surface area contributed by atoms with Gasteiger partial charge in [0.05, 0.1) is 5.39 Å². The predicted octanol–water partition coefficient (Wildman–Crippen LogP) is 2.98. The predicted molar refractivity (Wildman–Crippen MR) is 75.5 cm³/mol. The molecular formula is C12H11N3OS2. The van der Waals surface area contributed by atoms with E-state index in [1.807, 2.05) is 12.3 Å². The van der Waals surface area contributed by atoms with Crippen molar-refractivity contribution < 1.29 is 0 Å². The molecule has 0 unspecified atom stereocenters. The molecule has 0 saturated heterocycles. The van der Waals surface area contributed by atoms with Gasteiger partial charge in [0, 0.05) is 16.5 Å². The summed E-state index contributed by atoms with van der Waals surface area (Å²) in [7, 11) is 0. The monoisotopic (exact) mass is 277 g/mol. The lowest BCUT2D eigenvalue weighted by Gasteiger charge is -1.97. The zero-order valence-corrected chi connectivity index (χ0v) is 11.6. The van der Waals surface area contributed by atoms with E-state index in [2.05, 4.69) is 21.9 Å². The first-order chi connectivity index (χ1) is 8.70. The van der Waals surface area contributed by atoms with E-state index in [1.165, 1.54) is 16.2 Å². The molecular weight excluding hydrogens is 266 g/mol. The molecule has 3 rings (SSSR count). The van der Waals surface area contributed by atoms with Crippen molar-refractivity contribution in [3.8, 4) is 10.8 Å². The largest absolute Gasteiger partial charge is 0.304 e. The van der Waals surface area contributed by atoms with E-state index in [1.54, 1.807) is 17.5 Å². The Balaban J connectivity index is 2.33. The molecule has 0 radical (unpaired) electrons. The van der Waals surface area contributed by atoms with Crippen LogP contribution in [0, 0.1) is 6.92 Å². The van der Waals surface area contributed by atoms with Gasteiger partial charge in [-0.1, -0.05) is 6.92 Å². The molecule has 0 fully saturated rings. The number of rotatable bonds is 2. The quantitative estimate of drug-likeness (QED) is 0.783. The summed E-state index contributed by atoms with van der Waals surface area (Å²) in [6.07, 6.45) is 2.56. The number of fused-ring (bicyclic) bond motifs is 1. The molecule has 0 saturated carbocycles.